The summed E-state index contributed by atoms with van der Waals surface area (Å²) in [7, 11) is 4.50. The van der Waals surface area contributed by atoms with E-state index in [0.29, 0.717) is 22.8 Å². The maximum Gasteiger partial charge on any atom is 0.168 e. The van der Waals surface area contributed by atoms with Gasteiger partial charge in [0.25, 0.3) is 0 Å². The van der Waals surface area contributed by atoms with Crippen LogP contribution in [0.15, 0.2) is 17.7 Å². The fourth-order valence-electron chi connectivity index (χ4n) is 1.44. The first-order valence-corrected chi connectivity index (χ1v) is 5.02. The summed E-state index contributed by atoms with van der Waals surface area (Å²) in [6.45, 7) is 0. The molecule has 1 aromatic rings. The summed E-state index contributed by atoms with van der Waals surface area (Å²) in [5.41, 5.74) is 0.524. The first kappa shape index (κ1) is 13.4. The molecule has 0 amide bonds. The number of nitrogens with zero attached hydrogens (tertiary/aromatic N) is 2. The van der Waals surface area contributed by atoms with Crippen LogP contribution in [0.25, 0.3) is 6.08 Å². The van der Waals surface area contributed by atoms with Gasteiger partial charge < -0.3 is 14.2 Å². The van der Waals surface area contributed by atoms with Gasteiger partial charge in [-0.15, -0.1) is 0 Å². The number of ether oxygens (including phenoxy) is 3. The van der Waals surface area contributed by atoms with Crippen molar-refractivity contribution < 1.29 is 14.2 Å². The summed E-state index contributed by atoms with van der Waals surface area (Å²) in [6, 6.07) is 6.90. The van der Waals surface area contributed by atoms with Gasteiger partial charge in [-0.1, -0.05) is 0 Å². The fourth-order valence-corrected chi connectivity index (χ4v) is 1.44. The Bertz CT molecular complexity index is 535. The third-order valence-corrected chi connectivity index (χ3v) is 2.26. The largest absolute Gasteiger partial charge is 0.497 e. The van der Waals surface area contributed by atoms with E-state index >= 15 is 0 Å². The van der Waals surface area contributed by atoms with Gasteiger partial charge in [0.15, 0.2) is 11.5 Å². The minimum Gasteiger partial charge on any atom is -0.497 e. The predicted molar refractivity (Wildman–Crippen MR) is 65.3 cm³/mol. The minimum atomic E-state index is -0.0244. The lowest BCUT2D eigenvalue weighted by Gasteiger charge is -2.12. The van der Waals surface area contributed by atoms with Crippen molar-refractivity contribution in [3.05, 3.63) is 23.3 Å². The summed E-state index contributed by atoms with van der Waals surface area (Å²) < 4.78 is 15.5. The molecule has 0 saturated heterocycles. The lowest BCUT2D eigenvalue weighted by molar-refractivity contribution is 0.348. The molecular weight excluding hydrogens is 232 g/mol. The number of rotatable bonds is 4. The molecule has 0 saturated carbocycles. The van der Waals surface area contributed by atoms with E-state index in [9.17, 15) is 0 Å². The molecule has 1 aromatic carbocycles. The average molecular weight is 244 g/mol. The quantitative estimate of drug-likeness (QED) is 0.758. The Morgan fingerprint density at radius 3 is 2.17 bits per heavy atom. The van der Waals surface area contributed by atoms with Gasteiger partial charge in [0, 0.05) is 11.6 Å². The Balaban J connectivity index is 3.46. The Kier molecular flexibility index (Phi) is 4.59. The smallest absolute Gasteiger partial charge is 0.168 e. The standard InChI is InChI=1S/C13H12N2O3/c1-16-11-5-10(4-9(7-14)8-15)13(18-3)12(6-11)17-2/h4-6H,1-3H3. The Labute approximate surface area is 105 Å². The van der Waals surface area contributed by atoms with Gasteiger partial charge in [0.1, 0.15) is 23.5 Å². The van der Waals surface area contributed by atoms with E-state index in [2.05, 4.69) is 0 Å². The molecule has 0 N–H and O–H groups in total. The van der Waals surface area contributed by atoms with E-state index in [-0.39, 0.29) is 5.57 Å². The Hall–Kier alpha value is -2.66. The molecule has 0 atom stereocenters. The molecule has 1 rings (SSSR count). The second kappa shape index (κ2) is 6.17. The van der Waals surface area contributed by atoms with E-state index in [1.54, 1.807) is 24.3 Å². The number of hydrogen-bond acceptors (Lipinski definition) is 5. The zero-order valence-electron chi connectivity index (χ0n) is 10.4. The van der Waals surface area contributed by atoms with Crippen LogP contribution in [0.1, 0.15) is 5.56 Å². The van der Waals surface area contributed by atoms with Gasteiger partial charge in [-0.2, -0.15) is 10.5 Å². The molecule has 5 heteroatoms. The second-order valence-corrected chi connectivity index (χ2v) is 3.23. The van der Waals surface area contributed by atoms with Crippen molar-refractivity contribution in [2.45, 2.75) is 0 Å². The monoisotopic (exact) mass is 244 g/mol. The molecule has 5 nitrogen and oxygen atoms in total. The zero-order valence-corrected chi connectivity index (χ0v) is 10.4. The SMILES string of the molecule is COc1cc(C=C(C#N)C#N)c(OC)c(OC)c1. The number of allylic oxidation sites excluding steroid dienone is 1. The van der Waals surface area contributed by atoms with Crippen molar-refractivity contribution in [3.63, 3.8) is 0 Å². The maximum atomic E-state index is 8.76. The van der Waals surface area contributed by atoms with Crippen molar-refractivity contribution in [2.24, 2.45) is 0 Å². The summed E-state index contributed by atoms with van der Waals surface area (Å²) in [6.07, 6.45) is 1.42. The average Bonchev–Trinajstić information content (AvgIpc) is 2.43. The van der Waals surface area contributed by atoms with Crippen LogP contribution in [0.4, 0.5) is 0 Å². The maximum absolute atomic E-state index is 8.76. The van der Waals surface area contributed by atoms with Crippen molar-refractivity contribution in [2.75, 3.05) is 21.3 Å². The summed E-state index contributed by atoms with van der Waals surface area (Å²) >= 11 is 0. The lowest BCUT2D eigenvalue weighted by Crippen LogP contribution is -1.95. The Morgan fingerprint density at radius 1 is 1.06 bits per heavy atom. The van der Waals surface area contributed by atoms with Crippen LogP contribution in [0.2, 0.25) is 0 Å². The number of hydrogen-bond donors (Lipinski definition) is 0. The van der Waals surface area contributed by atoms with Crippen LogP contribution >= 0.6 is 0 Å². The summed E-state index contributed by atoms with van der Waals surface area (Å²) in [4.78, 5) is 0. The minimum absolute atomic E-state index is 0.0244. The molecule has 18 heavy (non-hydrogen) atoms. The van der Waals surface area contributed by atoms with Gasteiger partial charge in [-0.3, -0.25) is 0 Å². The van der Waals surface area contributed by atoms with Crippen molar-refractivity contribution in [1.29, 1.82) is 10.5 Å². The van der Waals surface area contributed by atoms with Gasteiger partial charge >= 0.3 is 0 Å². The van der Waals surface area contributed by atoms with Gasteiger partial charge in [-0.25, -0.2) is 0 Å². The zero-order chi connectivity index (χ0) is 13.5. The first-order valence-electron chi connectivity index (χ1n) is 5.02. The molecule has 0 bridgehead atoms. The van der Waals surface area contributed by atoms with Crippen molar-refractivity contribution in [3.8, 4) is 29.4 Å². The molecule has 0 unspecified atom stereocenters. The number of methoxy groups -OCH3 is 3. The van der Waals surface area contributed by atoms with Crippen LogP contribution in [0, 0.1) is 22.7 Å². The molecule has 92 valence electrons. The second-order valence-electron chi connectivity index (χ2n) is 3.23. The summed E-state index contributed by atoms with van der Waals surface area (Å²) in [5.74, 6) is 1.47. The molecule has 0 heterocycles. The first-order chi connectivity index (χ1) is 8.69. The molecule has 0 radical (unpaired) electrons. The van der Waals surface area contributed by atoms with Crippen LogP contribution in [-0.4, -0.2) is 21.3 Å². The molecule has 0 aliphatic carbocycles. The van der Waals surface area contributed by atoms with Crippen molar-refractivity contribution in [1.82, 2.24) is 0 Å². The lowest BCUT2D eigenvalue weighted by atomic mass is 10.1. The van der Waals surface area contributed by atoms with Gasteiger partial charge in [0.2, 0.25) is 0 Å². The van der Waals surface area contributed by atoms with E-state index in [0.717, 1.165) is 0 Å². The van der Waals surface area contributed by atoms with Crippen LogP contribution < -0.4 is 14.2 Å². The molecule has 0 aromatic heterocycles. The number of nitriles is 2. The highest BCUT2D eigenvalue weighted by Crippen LogP contribution is 2.36. The third-order valence-electron chi connectivity index (χ3n) is 2.26. The van der Waals surface area contributed by atoms with Crippen LogP contribution in [0.5, 0.6) is 17.2 Å². The number of benzene rings is 1. The Morgan fingerprint density at radius 2 is 1.72 bits per heavy atom. The van der Waals surface area contributed by atoms with Crippen LogP contribution in [0.3, 0.4) is 0 Å². The van der Waals surface area contributed by atoms with E-state index in [4.69, 9.17) is 24.7 Å². The molecular formula is C13H12N2O3. The van der Waals surface area contributed by atoms with E-state index in [1.165, 1.54) is 27.4 Å². The van der Waals surface area contributed by atoms with Crippen molar-refractivity contribution >= 4 is 6.08 Å². The molecule has 0 aliphatic rings. The highest BCUT2D eigenvalue weighted by atomic mass is 16.5. The highest BCUT2D eigenvalue weighted by molar-refractivity contribution is 5.70. The molecule has 0 aliphatic heterocycles. The van der Waals surface area contributed by atoms with Crippen LogP contribution in [-0.2, 0) is 0 Å². The normalized spacial score (nSPS) is 8.72. The topological polar surface area (TPSA) is 75.3 Å². The van der Waals surface area contributed by atoms with Gasteiger partial charge in [0.05, 0.1) is 21.3 Å². The molecule has 0 fully saturated rings. The van der Waals surface area contributed by atoms with E-state index < -0.39 is 0 Å². The summed E-state index contributed by atoms with van der Waals surface area (Å²) in [5, 5.41) is 17.5. The third kappa shape index (κ3) is 2.72. The highest BCUT2D eigenvalue weighted by Gasteiger charge is 2.12. The molecule has 0 spiro atoms. The van der Waals surface area contributed by atoms with Gasteiger partial charge in [-0.05, 0) is 12.1 Å². The van der Waals surface area contributed by atoms with E-state index in [1.807, 2.05) is 0 Å². The fraction of sp³-hybridized carbons (Fsp3) is 0.231. The predicted octanol–water partition coefficient (Wildman–Crippen LogP) is 2.14.